The molecular formula is C15H25NO6. The average Bonchev–Trinajstić information content (AvgIpc) is 2.38. The first kappa shape index (κ1) is 20.0. The highest BCUT2D eigenvalue weighted by molar-refractivity contribution is 5.69. The molecule has 0 aromatic rings. The number of carboxylic acids is 1. The van der Waals surface area contributed by atoms with Crippen LogP contribution in [0.4, 0.5) is 4.79 Å². The molecule has 0 saturated heterocycles. The first-order chi connectivity index (χ1) is 10.2. The highest BCUT2D eigenvalue weighted by atomic mass is 16.6. The highest BCUT2D eigenvalue weighted by Gasteiger charge is 2.20. The van der Waals surface area contributed by atoms with E-state index >= 15 is 0 Å². The Morgan fingerprint density at radius 3 is 2.32 bits per heavy atom. The summed E-state index contributed by atoms with van der Waals surface area (Å²) in [6.07, 6.45) is 1.13. The molecule has 0 aliphatic carbocycles. The molecule has 1 amide bonds. The molecule has 0 radical (unpaired) electrons. The van der Waals surface area contributed by atoms with E-state index in [1.54, 1.807) is 26.7 Å². The molecule has 0 bridgehead atoms. The largest absolute Gasteiger partial charge is 0.490 e. The van der Waals surface area contributed by atoms with Gasteiger partial charge in [0.05, 0.1) is 7.11 Å². The number of alkyl carbamates (subject to hydrolysis) is 1. The summed E-state index contributed by atoms with van der Waals surface area (Å²) < 4.78 is 9.97. The van der Waals surface area contributed by atoms with E-state index in [2.05, 4.69) is 5.32 Å². The molecule has 0 aliphatic rings. The van der Waals surface area contributed by atoms with Gasteiger partial charge in [0.15, 0.2) is 11.7 Å². The molecule has 0 aliphatic heterocycles. The van der Waals surface area contributed by atoms with Gasteiger partial charge < -0.3 is 19.9 Å². The zero-order valence-corrected chi connectivity index (χ0v) is 13.6. The van der Waals surface area contributed by atoms with Gasteiger partial charge in [-0.25, -0.2) is 9.59 Å². The van der Waals surface area contributed by atoms with Crippen LogP contribution in [0.5, 0.6) is 0 Å². The molecule has 0 fully saturated rings. The Bertz CT molecular complexity index is 420. The third-order valence-electron chi connectivity index (χ3n) is 2.74. The number of carbonyl (C=O) groups excluding carboxylic acids is 2. The van der Waals surface area contributed by atoms with Crippen LogP contribution in [0, 0.1) is 0 Å². The fourth-order valence-electron chi connectivity index (χ4n) is 1.76. The van der Waals surface area contributed by atoms with Gasteiger partial charge in [0.25, 0.3) is 0 Å². The Balaban J connectivity index is 4.45. The van der Waals surface area contributed by atoms with Crippen molar-refractivity contribution in [2.45, 2.75) is 64.5 Å². The second-order valence-corrected chi connectivity index (χ2v) is 5.90. The highest BCUT2D eigenvalue weighted by Crippen LogP contribution is 2.13. The van der Waals surface area contributed by atoms with Gasteiger partial charge in [-0.05, 0) is 40.0 Å². The normalized spacial score (nSPS) is 12.0. The summed E-state index contributed by atoms with van der Waals surface area (Å²) >= 11 is 0. The summed E-state index contributed by atoms with van der Waals surface area (Å²) in [5.74, 6) is 0.960. The number of rotatable bonds is 9. The Labute approximate surface area is 130 Å². The third kappa shape index (κ3) is 10.7. The van der Waals surface area contributed by atoms with Gasteiger partial charge in [-0.2, -0.15) is 0 Å². The maximum atomic E-state index is 11.8. The monoisotopic (exact) mass is 315 g/mol. The maximum absolute atomic E-state index is 11.8. The van der Waals surface area contributed by atoms with E-state index in [0.717, 1.165) is 0 Å². The quantitative estimate of drug-likeness (QED) is 0.500. The van der Waals surface area contributed by atoms with Crippen molar-refractivity contribution in [3.8, 4) is 0 Å². The number of amides is 1. The second-order valence-electron chi connectivity index (χ2n) is 5.90. The van der Waals surface area contributed by atoms with Crippen LogP contribution in [0.15, 0.2) is 5.76 Å². The van der Waals surface area contributed by atoms with Crippen molar-refractivity contribution in [1.29, 1.82) is 0 Å². The minimum Gasteiger partial charge on any atom is -0.490 e. The van der Waals surface area contributed by atoms with Crippen molar-refractivity contribution < 1.29 is 29.0 Å². The SMILES string of the molecule is COC(=C=O)CCCC(CCC(=O)O)NC(=O)OC(C)(C)C. The molecule has 0 aromatic heterocycles. The summed E-state index contributed by atoms with van der Waals surface area (Å²) in [5.41, 5.74) is -0.620. The average molecular weight is 315 g/mol. The van der Waals surface area contributed by atoms with Crippen LogP contribution < -0.4 is 5.32 Å². The van der Waals surface area contributed by atoms with E-state index in [9.17, 15) is 14.4 Å². The van der Waals surface area contributed by atoms with Crippen molar-refractivity contribution in [1.82, 2.24) is 5.32 Å². The predicted octanol–water partition coefficient (Wildman–Crippen LogP) is 2.28. The molecule has 0 aromatic carbocycles. The minimum absolute atomic E-state index is 0.0544. The van der Waals surface area contributed by atoms with Crippen molar-refractivity contribution in [2.24, 2.45) is 0 Å². The van der Waals surface area contributed by atoms with Crippen LogP contribution in [0.3, 0.4) is 0 Å². The number of ether oxygens (including phenoxy) is 2. The molecule has 0 rings (SSSR count). The predicted molar refractivity (Wildman–Crippen MR) is 80.1 cm³/mol. The molecule has 126 valence electrons. The lowest BCUT2D eigenvalue weighted by Gasteiger charge is -2.23. The lowest BCUT2D eigenvalue weighted by atomic mass is 10.0. The molecule has 7 nitrogen and oxygen atoms in total. The van der Waals surface area contributed by atoms with E-state index in [1.165, 1.54) is 7.11 Å². The van der Waals surface area contributed by atoms with Crippen molar-refractivity contribution in [3.63, 3.8) is 0 Å². The molecule has 1 atom stereocenters. The van der Waals surface area contributed by atoms with Crippen LogP contribution in [0.2, 0.25) is 0 Å². The first-order valence-electron chi connectivity index (χ1n) is 7.17. The van der Waals surface area contributed by atoms with Crippen LogP contribution in [0.25, 0.3) is 0 Å². The number of aliphatic carboxylic acids is 1. The van der Waals surface area contributed by atoms with Gasteiger partial charge >= 0.3 is 12.1 Å². The summed E-state index contributed by atoms with van der Waals surface area (Å²) in [6.45, 7) is 5.25. The molecule has 0 spiro atoms. The van der Waals surface area contributed by atoms with E-state index < -0.39 is 17.7 Å². The van der Waals surface area contributed by atoms with Crippen LogP contribution in [0.1, 0.15) is 52.9 Å². The molecule has 0 heterocycles. The van der Waals surface area contributed by atoms with Gasteiger partial charge in [0.2, 0.25) is 0 Å². The van der Waals surface area contributed by atoms with Gasteiger partial charge in [-0.15, -0.1) is 0 Å². The van der Waals surface area contributed by atoms with Gasteiger partial charge in [0.1, 0.15) is 5.60 Å². The standard InChI is InChI=1S/C15H25NO6/c1-15(2,3)22-14(20)16-11(8-9-13(18)19)6-5-7-12(10-17)21-4/h11H,5-9H2,1-4H3,(H,16,20)(H,18,19). The third-order valence-corrected chi connectivity index (χ3v) is 2.74. The van der Waals surface area contributed by atoms with Crippen molar-refractivity contribution >= 4 is 18.0 Å². The first-order valence-corrected chi connectivity index (χ1v) is 7.17. The summed E-state index contributed by atoms with van der Waals surface area (Å²) in [4.78, 5) is 32.9. The molecule has 1 unspecified atom stereocenters. The molecular weight excluding hydrogens is 290 g/mol. The van der Waals surface area contributed by atoms with Gasteiger partial charge in [-0.3, -0.25) is 4.79 Å². The summed E-state index contributed by atoms with van der Waals surface area (Å²) in [6, 6.07) is -0.337. The number of hydrogen-bond acceptors (Lipinski definition) is 5. The number of nitrogens with one attached hydrogen (secondary N) is 1. The molecule has 7 heteroatoms. The Kier molecular flexibility index (Phi) is 8.94. The molecule has 22 heavy (non-hydrogen) atoms. The lowest BCUT2D eigenvalue weighted by Crippen LogP contribution is -2.39. The van der Waals surface area contributed by atoms with Crippen LogP contribution in [-0.2, 0) is 19.1 Å². The minimum atomic E-state index is -0.929. The summed E-state index contributed by atoms with van der Waals surface area (Å²) in [7, 11) is 1.39. The number of allylic oxidation sites excluding steroid dienone is 1. The van der Waals surface area contributed by atoms with E-state index in [0.29, 0.717) is 25.7 Å². The molecule has 0 saturated carbocycles. The van der Waals surface area contributed by atoms with Crippen molar-refractivity contribution in [2.75, 3.05) is 7.11 Å². The zero-order valence-electron chi connectivity index (χ0n) is 13.6. The van der Waals surface area contributed by atoms with E-state index in [1.807, 2.05) is 0 Å². The maximum Gasteiger partial charge on any atom is 0.407 e. The summed E-state index contributed by atoms with van der Waals surface area (Å²) in [5, 5.41) is 11.4. The number of hydrogen-bond donors (Lipinski definition) is 2. The fraction of sp³-hybridized carbons (Fsp3) is 0.733. The van der Waals surface area contributed by atoms with Crippen molar-refractivity contribution in [3.05, 3.63) is 5.76 Å². The van der Waals surface area contributed by atoms with Crippen LogP contribution >= 0.6 is 0 Å². The number of methoxy groups -OCH3 is 1. The Morgan fingerprint density at radius 2 is 1.86 bits per heavy atom. The lowest BCUT2D eigenvalue weighted by molar-refractivity contribution is -0.137. The van der Waals surface area contributed by atoms with Crippen LogP contribution in [-0.4, -0.2) is 41.9 Å². The zero-order chi connectivity index (χ0) is 17.2. The Hall–Kier alpha value is -2.01. The van der Waals surface area contributed by atoms with Gasteiger partial charge in [0, 0.05) is 18.9 Å². The Morgan fingerprint density at radius 1 is 1.23 bits per heavy atom. The van der Waals surface area contributed by atoms with Gasteiger partial charge in [-0.1, -0.05) is 0 Å². The number of carboxylic acid groups (broad SMARTS) is 1. The number of carbonyl (C=O) groups is 2. The molecule has 2 N–H and O–H groups in total. The fourth-order valence-corrected chi connectivity index (χ4v) is 1.76. The smallest absolute Gasteiger partial charge is 0.407 e. The van der Waals surface area contributed by atoms with E-state index in [4.69, 9.17) is 14.6 Å². The topological polar surface area (TPSA) is 102 Å². The van der Waals surface area contributed by atoms with E-state index in [-0.39, 0.29) is 18.2 Å². The second kappa shape index (κ2) is 9.84.